The van der Waals surface area contributed by atoms with Gasteiger partial charge in [-0.1, -0.05) is 19.1 Å². The number of hydrogen-bond donors (Lipinski definition) is 1. The summed E-state index contributed by atoms with van der Waals surface area (Å²) in [6.07, 6.45) is 0.206. The van der Waals surface area contributed by atoms with Crippen molar-refractivity contribution in [3.05, 3.63) is 47.0 Å². The summed E-state index contributed by atoms with van der Waals surface area (Å²) in [6.45, 7) is 4.65. The highest BCUT2D eigenvalue weighted by molar-refractivity contribution is 5.32. The molecule has 0 saturated carbocycles. The molecule has 0 amide bonds. The van der Waals surface area contributed by atoms with Crippen LogP contribution in [-0.4, -0.2) is 22.0 Å². The van der Waals surface area contributed by atoms with Crippen LogP contribution in [0.5, 0.6) is 5.75 Å². The standard InChI is InChI=1S/C16H21FN2O2/c1-4-12-10-13(19(5-2)18-12)14(20)9-11-7-6-8-15(21-3)16(11)17/h6-8,10,14,20H,4-5,9H2,1-3H3. The molecule has 1 heterocycles. The summed E-state index contributed by atoms with van der Waals surface area (Å²) in [5.74, 6) is -0.227. The maximum Gasteiger partial charge on any atom is 0.168 e. The molecule has 0 fully saturated rings. The molecular formula is C16H21FN2O2. The largest absolute Gasteiger partial charge is 0.494 e. The molecule has 1 unspecified atom stereocenters. The number of aliphatic hydroxyl groups excluding tert-OH is 1. The van der Waals surface area contributed by atoms with Gasteiger partial charge in [-0.3, -0.25) is 4.68 Å². The Kier molecular flexibility index (Phi) is 4.96. The zero-order chi connectivity index (χ0) is 15.4. The molecule has 0 radical (unpaired) electrons. The quantitative estimate of drug-likeness (QED) is 0.890. The second kappa shape index (κ2) is 6.72. The summed E-state index contributed by atoms with van der Waals surface area (Å²) in [5.41, 5.74) is 2.08. The van der Waals surface area contributed by atoms with E-state index >= 15 is 0 Å². The SMILES string of the molecule is CCc1cc(C(O)Cc2cccc(OC)c2F)n(CC)n1. The lowest BCUT2D eigenvalue weighted by Gasteiger charge is -2.14. The number of ether oxygens (including phenoxy) is 1. The van der Waals surface area contributed by atoms with Gasteiger partial charge in [-0.2, -0.15) is 5.10 Å². The van der Waals surface area contributed by atoms with Crippen LogP contribution in [0.3, 0.4) is 0 Å². The van der Waals surface area contributed by atoms with Crippen LogP contribution < -0.4 is 4.74 Å². The molecule has 21 heavy (non-hydrogen) atoms. The van der Waals surface area contributed by atoms with E-state index in [0.717, 1.165) is 17.8 Å². The molecule has 0 saturated heterocycles. The van der Waals surface area contributed by atoms with Crippen LogP contribution >= 0.6 is 0 Å². The highest BCUT2D eigenvalue weighted by Gasteiger charge is 2.18. The van der Waals surface area contributed by atoms with Crippen LogP contribution in [0.4, 0.5) is 4.39 Å². The summed E-state index contributed by atoms with van der Waals surface area (Å²) in [5, 5.41) is 14.8. The Balaban J connectivity index is 2.25. The van der Waals surface area contributed by atoms with Gasteiger partial charge in [0.1, 0.15) is 0 Å². The Labute approximate surface area is 124 Å². The van der Waals surface area contributed by atoms with Crippen molar-refractivity contribution in [2.75, 3.05) is 7.11 Å². The molecule has 1 aromatic heterocycles. The number of aromatic nitrogens is 2. The van der Waals surface area contributed by atoms with Crippen molar-refractivity contribution in [2.45, 2.75) is 39.3 Å². The topological polar surface area (TPSA) is 47.3 Å². The third kappa shape index (κ3) is 3.24. The molecule has 5 heteroatoms. The highest BCUT2D eigenvalue weighted by atomic mass is 19.1. The van der Waals surface area contributed by atoms with Gasteiger partial charge >= 0.3 is 0 Å². The fourth-order valence-corrected chi connectivity index (χ4v) is 2.37. The van der Waals surface area contributed by atoms with Crippen molar-refractivity contribution in [1.29, 1.82) is 0 Å². The van der Waals surface area contributed by atoms with Gasteiger partial charge in [-0.05, 0) is 31.0 Å². The first-order valence-electron chi connectivity index (χ1n) is 7.16. The lowest BCUT2D eigenvalue weighted by Crippen LogP contribution is -2.11. The van der Waals surface area contributed by atoms with Crippen molar-refractivity contribution in [3.8, 4) is 5.75 Å². The zero-order valence-electron chi connectivity index (χ0n) is 12.6. The zero-order valence-corrected chi connectivity index (χ0v) is 12.6. The lowest BCUT2D eigenvalue weighted by atomic mass is 10.0. The molecule has 1 atom stereocenters. The molecule has 0 spiro atoms. The number of aliphatic hydroxyl groups is 1. The van der Waals surface area contributed by atoms with Gasteiger partial charge in [0.15, 0.2) is 11.6 Å². The number of halogens is 1. The summed E-state index contributed by atoms with van der Waals surface area (Å²) >= 11 is 0. The first-order chi connectivity index (χ1) is 10.1. The summed E-state index contributed by atoms with van der Waals surface area (Å²) < 4.78 is 20.9. The van der Waals surface area contributed by atoms with Crippen LogP contribution in [0.2, 0.25) is 0 Å². The van der Waals surface area contributed by atoms with Crippen LogP contribution in [0.25, 0.3) is 0 Å². The lowest BCUT2D eigenvalue weighted by molar-refractivity contribution is 0.165. The fraction of sp³-hybridized carbons (Fsp3) is 0.438. The summed E-state index contributed by atoms with van der Waals surface area (Å²) in [4.78, 5) is 0. The maximum atomic E-state index is 14.1. The number of aryl methyl sites for hydroxylation is 2. The summed E-state index contributed by atoms with van der Waals surface area (Å²) in [7, 11) is 1.43. The number of benzene rings is 1. The third-order valence-electron chi connectivity index (χ3n) is 3.54. The molecular weight excluding hydrogens is 271 g/mol. The van der Waals surface area contributed by atoms with Gasteiger partial charge in [0.05, 0.1) is 24.6 Å². The molecule has 2 rings (SSSR count). The predicted octanol–water partition coefficient (Wildman–Crippen LogP) is 2.89. The Morgan fingerprint density at radius 3 is 2.76 bits per heavy atom. The van der Waals surface area contributed by atoms with E-state index in [-0.39, 0.29) is 12.2 Å². The van der Waals surface area contributed by atoms with Gasteiger partial charge < -0.3 is 9.84 Å². The fourth-order valence-electron chi connectivity index (χ4n) is 2.37. The van der Waals surface area contributed by atoms with E-state index in [0.29, 0.717) is 12.1 Å². The second-order valence-electron chi connectivity index (χ2n) is 4.88. The Bertz CT molecular complexity index is 610. The highest BCUT2D eigenvalue weighted by Crippen LogP contribution is 2.25. The molecule has 2 aromatic rings. The molecule has 0 bridgehead atoms. The minimum atomic E-state index is -0.792. The molecule has 1 aromatic carbocycles. The monoisotopic (exact) mass is 292 g/mol. The minimum absolute atomic E-state index is 0.192. The van der Waals surface area contributed by atoms with Gasteiger partial charge in [0.25, 0.3) is 0 Å². The normalized spacial score (nSPS) is 12.4. The molecule has 4 nitrogen and oxygen atoms in total. The third-order valence-corrected chi connectivity index (χ3v) is 3.54. The molecule has 0 aliphatic carbocycles. The molecule has 0 aliphatic heterocycles. The smallest absolute Gasteiger partial charge is 0.168 e. The van der Waals surface area contributed by atoms with E-state index in [1.165, 1.54) is 7.11 Å². The average molecular weight is 292 g/mol. The maximum absolute atomic E-state index is 14.1. The number of nitrogens with zero attached hydrogens (tertiary/aromatic N) is 2. The van der Waals surface area contributed by atoms with E-state index in [9.17, 15) is 9.50 Å². The van der Waals surface area contributed by atoms with Crippen molar-refractivity contribution >= 4 is 0 Å². The van der Waals surface area contributed by atoms with Crippen LogP contribution in [0.1, 0.15) is 36.9 Å². The predicted molar refractivity (Wildman–Crippen MR) is 78.9 cm³/mol. The van der Waals surface area contributed by atoms with E-state index in [1.807, 2.05) is 19.9 Å². The van der Waals surface area contributed by atoms with E-state index in [2.05, 4.69) is 5.10 Å². The van der Waals surface area contributed by atoms with Gasteiger partial charge in [0, 0.05) is 13.0 Å². The van der Waals surface area contributed by atoms with Crippen LogP contribution in [-0.2, 0) is 19.4 Å². The van der Waals surface area contributed by atoms with Crippen molar-refractivity contribution < 1.29 is 14.2 Å². The molecule has 1 N–H and O–H groups in total. The Hall–Kier alpha value is -1.88. The van der Waals surface area contributed by atoms with E-state index in [4.69, 9.17) is 4.74 Å². The number of rotatable bonds is 6. The Morgan fingerprint density at radius 1 is 1.38 bits per heavy atom. The minimum Gasteiger partial charge on any atom is -0.494 e. The second-order valence-corrected chi connectivity index (χ2v) is 4.88. The first kappa shape index (κ1) is 15.5. The van der Waals surface area contributed by atoms with Gasteiger partial charge in [-0.15, -0.1) is 0 Å². The van der Waals surface area contributed by atoms with Gasteiger partial charge in [-0.25, -0.2) is 4.39 Å². The van der Waals surface area contributed by atoms with Crippen molar-refractivity contribution in [1.82, 2.24) is 9.78 Å². The van der Waals surface area contributed by atoms with Crippen LogP contribution in [0, 0.1) is 5.82 Å². The number of hydrogen-bond acceptors (Lipinski definition) is 3. The first-order valence-corrected chi connectivity index (χ1v) is 7.16. The van der Waals surface area contributed by atoms with Gasteiger partial charge in [0.2, 0.25) is 0 Å². The van der Waals surface area contributed by atoms with E-state index < -0.39 is 11.9 Å². The average Bonchev–Trinajstić information content (AvgIpc) is 2.93. The molecule has 114 valence electrons. The number of methoxy groups -OCH3 is 1. The van der Waals surface area contributed by atoms with E-state index in [1.54, 1.807) is 22.9 Å². The van der Waals surface area contributed by atoms with Crippen molar-refractivity contribution in [2.24, 2.45) is 0 Å². The Morgan fingerprint density at radius 2 is 2.14 bits per heavy atom. The summed E-state index contributed by atoms with van der Waals surface area (Å²) in [6, 6.07) is 6.83. The molecule has 0 aliphatic rings. The van der Waals surface area contributed by atoms with Crippen LogP contribution in [0.15, 0.2) is 24.3 Å². The van der Waals surface area contributed by atoms with Crippen molar-refractivity contribution in [3.63, 3.8) is 0 Å².